The Balaban J connectivity index is 1.73. The van der Waals surface area contributed by atoms with Gasteiger partial charge in [0.15, 0.2) is 5.75 Å². The van der Waals surface area contributed by atoms with Crippen LogP contribution in [0.3, 0.4) is 0 Å². The number of phenols is 1. The first-order chi connectivity index (χ1) is 20.2. The molecule has 0 aliphatic carbocycles. The molecule has 2 aliphatic heterocycles. The number of hydrogen-bond donors (Lipinski definition) is 1. The molecular weight excluding hydrogens is 594 g/mol. The predicted octanol–water partition coefficient (Wildman–Crippen LogP) is 4.60. The molecule has 230 valence electrons. The van der Waals surface area contributed by atoms with Crippen molar-refractivity contribution in [1.29, 1.82) is 0 Å². The first-order valence-electron chi connectivity index (χ1n) is 13.6. The van der Waals surface area contributed by atoms with Crippen LogP contribution in [0.4, 0.5) is 23.4 Å². The third kappa shape index (κ3) is 5.63. The fraction of sp³-hybridized carbons (Fsp3) is 0.414. The molecule has 3 aromatic rings. The fourth-order valence-corrected chi connectivity index (χ4v) is 6.27. The monoisotopic (exact) mass is 623 g/mol. The van der Waals surface area contributed by atoms with Crippen molar-refractivity contribution in [3.8, 4) is 22.6 Å². The number of carbonyl (C=O) groups excluding carboxylic acids is 1. The topological polar surface area (TPSA) is 91.1 Å². The third-order valence-electron chi connectivity index (χ3n) is 7.81. The lowest BCUT2D eigenvalue weighted by atomic mass is 9.98. The number of amides is 1. The molecule has 0 bridgehead atoms. The number of benzene rings is 2. The average Bonchev–Trinajstić information content (AvgIpc) is 2.91. The van der Waals surface area contributed by atoms with Gasteiger partial charge in [0.2, 0.25) is 5.91 Å². The predicted molar refractivity (Wildman–Crippen MR) is 154 cm³/mol. The number of alkyl halides is 3. The number of piperazine rings is 1. The summed E-state index contributed by atoms with van der Waals surface area (Å²) in [7, 11) is 1.28. The molecule has 3 atom stereocenters. The Morgan fingerprint density at radius 3 is 2.63 bits per heavy atom. The van der Waals surface area contributed by atoms with Crippen LogP contribution in [0.5, 0.6) is 11.5 Å². The maximum Gasteiger partial charge on any atom is 0.401 e. The minimum atomic E-state index is -4.46. The number of hydrogen-bond acceptors (Lipinski definition) is 7. The standard InChI is InChI=1S/C29H30ClF4N5O4/c1-5-22(41)37-10-16(3)38(11-15(37)2)27-18-9-19(30)23(24-20(31)7-6-8-21(24)40)26-25(18)39(28(42)35-27)17(13-43-26)12-36(4)14-29(32,33)34/h5-9,15-17,40H,1,10-14H2,2-4H3/t15-,16+,17-/m1/s1. The minimum Gasteiger partial charge on any atom is -0.507 e. The smallest absolute Gasteiger partial charge is 0.401 e. The zero-order chi connectivity index (χ0) is 31.4. The highest BCUT2D eigenvalue weighted by molar-refractivity contribution is 6.35. The second-order valence-electron chi connectivity index (χ2n) is 11.0. The lowest BCUT2D eigenvalue weighted by Crippen LogP contribution is -2.58. The molecule has 2 aromatic carbocycles. The summed E-state index contributed by atoms with van der Waals surface area (Å²) in [4.78, 5) is 35.1. The van der Waals surface area contributed by atoms with E-state index in [1.165, 1.54) is 35.9 Å². The number of nitrogens with zero attached hydrogens (tertiary/aromatic N) is 5. The quantitative estimate of drug-likeness (QED) is 0.317. The molecule has 1 amide bonds. The van der Waals surface area contributed by atoms with E-state index < -0.39 is 36.0 Å². The molecule has 0 spiro atoms. The van der Waals surface area contributed by atoms with E-state index in [-0.39, 0.29) is 64.4 Å². The summed E-state index contributed by atoms with van der Waals surface area (Å²) in [6.07, 6.45) is -3.23. The van der Waals surface area contributed by atoms with Crippen molar-refractivity contribution < 1.29 is 32.2 Å². The number of aromatic hydroxyl groups is 1. The number of phenolic OH excluding ortho intramolecular Hbond substituents is 1. The zero-order valence-corrected chi connectivity index (χ0v) is 24.4. The Bertz CT molecular complexity index is 1640. The Morgan fingerprint density at radius 2 is 1.98 bits per heavy atom. The molecule has 3 heterocycles. The molecule has 1 saturated heterocycles. The lowest BCUT2D eigenvalue weighted by molar-refractivity contribution is -0.144. The van der Waals surface area contributed by atoms with Crippen molar-refractivity contribution in [3.63, 3.8) is 0 Å². The summed E-state index contributed by atoms with van der Waals surface area (Å²) in [6, 6.07) is 3.76. The van der Waals surface area contributed by atoms with Crippen molar-refractivity contribution in [2.75, 3.05) is 44.7 Å². The van der Waals surface area contributed by atoms with Crippen LogP contribution in [-0.4, -0.2) is 88.5 Å². The lowest BCUT2D eigenvalue weighted by Gasteiger charge is -2.45. The van der Waals surface area contributed by atoms with Crippen LogP contribution in [0.15, 0.2) is 41.7 Å². The third-order valence-corrected chi connectivity index (χ3v) is 8.11. The van der Waals surface area contributed by atoms with Gasteiger partial charge in [0, 0.05) is 37.1 Å². The van der Waals surface area contributed by atoms with E-state index in [1.54, 1.807) is 4.90 Å². The van der Waals surface area contributed by atoms with Crippen LogP contribution in [0.1, 0.15) is 19.9 Å². The molecule has 43 heavy (non-hydrogen) atoms. The van der Waals surface area contributed by atoms with Crippen LogP contribution in [0.2, 0.25) is 5.02 Å². The molecule has 0 saturated carbocycles. The molecule has 5 rings (SSSR count). The van der Waals surface area contributed by atoms with Gasteiger partial charge in [-0.25, -0.2) is 9.18 Å². The van der Waals surface area contributed by atoms with Crippen LogP contribution in [0.25, 0.3) is 22.0 Å². The van der Waals surface area contributed by atoms with E-state index in [0.29, 0.717) is 18.5 Å². The number of ether oxygens (including phenoxy) is 1. The van der Waals surface area contributed by atoms with Gasteiger partial charge < -0.3 is 19.6 Å². The van der Waals surface area contributed by atoms with Gasteiger partial charge in [-0.15, -0.1) is 0 Å². The molecule has 0 unspecified atom stereocenters. The van der Waals surface area contributed by atoms with Crippen molar-refractivity contribution in [3.05, 3.63) is 58.2 Å². The largest absolute Gasteiger partial charge is 0.507 e. The SMILES string of the molecule is C=CC(=O)N1C[C@H](C)N(c2nc(=O)n3c4c(c(-c5c(O)cccc5F)c(Cl)cc24)OC[C@H]3CN(C)CC(F)(F)F)C[C@H]1C. The number of likely N-dealkylation sites (N-methyl/N-ethyl adjacent to an activating group) is 1. The van der Waals surface area contributed by atoms with Crippen molar-refractivity contribution in [2.45, 2.75) is 38.1 Å². The van der Waals surface area contributed by atoms with Gasteiger partial charge >= 0.3 is 11.9 Å². The Hall–Kier alpha value is -3.84. The van der Waals surface area contributed by atoms with Crippen molar-refractivity contribution in [1.82, 2.24) is 19.4 Å². The average molecular weight is 624 g/mol. The number of aromatic nitrogens is 2. The number of halogens is 5. The van der Waals surface area contributed by atoms with Crippen LogP contribution in [0, 0.1) is 5.82 Å². The number of carbonyl (C=O) groups is 1. The summed E-state index contributed by atoms with van der Waals surface area (Å²) >= 11 is 6.75. The van der Waals surface area contributed by atoms with E-state index in [1.807, 2.05) is 18.7 Å². The van der Waals surface area contributed by atoms with E-state index in [2.05, 4.69) is 11.6 Å². The molecular formula is C29H30ClF4N5O4. The molecule has 9 nitrogen and oxygen atoms in total. The Kier molecular flexibility index (Phi) is 8.07. The maximum absolute atomic E-state index is 15.1. The molecule has 14 heteroatoms. The minimum absolute atomic E-state index is 0.0000201. The normalized spacial score (nSPS) is 20.4. The van der Waals surface area contributed by atoms with E-state index >= 15 is 4.39 Å². The molecule has 1 N–H and O–H groups in total. The first kappa shape index (κ1) is 30.6. The van der Waals surface area contributed by atoms with Crippen LogP contribution >= 0.6 is 11.6 Å². The highest BCUT2D eigenvalue weighted by Gasteiger charge is 2.38. The van der Waals surface area contributed by atoms with Crippen LogP contribution < -0.4 is 15.3 Å². The molecule has 1 fully saturated rings. The molecule has 0 radical (unpaired) electrons. The van der Waals surface area contributed by atoms with Gasteiger partial charge in [-0.2, -0.15) is 18.2 Å². The van der Waals surface area contributed by atoms with Gasteiger partial charge in [-0.3, -0.25) is 14.3 Å². The van der Waals surface area contributed by atoms with Crippen molar-refractivity contribution >= 4 is 34.2 Å². The van der Waals surface area contributed by atoms with Crippen molar-refractivity contribution in [2.24, 2.45) is 0 Å². The second kappa shape index (κ2) is 11.3. The number of anilines is 1. The van der Waals surface area contributed by atoms with Gasteiger partial charge in [0.05, 0.1) is 34.3 Å². The molecule has 2 aliphatic rings. The summed E-state index contributed by atoms with van der Waals surface area (Å²) in [5.74, 6) is -1.20. The van der Waals surface area contributed by atoms with E-state index in [4.69, 9.17) is 16.3 Å². The summed E-state index contributed by atoms with van der Waals surface area (Å²) in [6.45, 7) is 6.23. The maximum atomic E-state index is 15.1. The van der Waals surface area contributed by atoms with Gasteiger partial charge in [-0.05, 0) is 45.2 Å². The van der Waals surface area contributed by atoms with Gasteiger partial charge in [0.25, 0.3) is 0 Å². The summed E-state index contributed by atoms with van der Waals surface area (Å²) < 4.78 is 61.9. The van der Waals surface area contributed by atoms with Crippen LogP contribution in [-0.2, 0) is 4.79 Å². The number of rotatable bonds is 6. The Labute approximate surface area is 249 Å². The second-order valence-corrected chi connectivity index (χ2v) is 11.4. The first-order valence-corrected chi connectivity index (χ1v) is 13.9. The van der Waals surface area contributed by atoms with Gasteiger partial charge in [-0.1, -0.05) is 24.2 Å². The highest BCUT2D eigenvalue weighted by Crippen LogP contribution is 2.49. The van der Waals surface area contributed by atoms with E-state index in [9.17, 15) is 27.9 Å². The Morgan fingerprint density at radius 1 is 1.26 bits per heavy atom. The highest BCUT2D eigenvalue weighted by atomic mass is 35.5. The van der Waals surface area contributed by atoms with Gasteiger partial charge in [0.1, 0.15) is 24.0 Å². The molecule has 1 aromatic heterocycles. The summed E-state index contributed by atoms with van der Waals surface area (Å²) in [5, 5.41) is 11.0. The summed E-state index contributed by atoms with van der Waals surface area (Å²) in [5.41, 5.74) is -0.820. The van der Waals surface area contributed by atoms with E-state index in [0.717, 1.165) is 11.0 Å². The zero-order valence-electron chi connectivity index (χ0n) is 23.7. The fourth-order valence-electron chi connectivity index (χ4n) is 5.98.